The number of halogens is 1. The third-order valence-electron chi connectivity index (χ3n) is 15.5. The van der Waals surface area contributed by atoms with E-state index in [9.17, 15) is 4.39 Å². The van der Waals surface area contributed by atoms with Crippen molar-refractivity contribution in [3.05, 3.63) is 309 Å². The van der Waals surface area contributed by atoms with Crippen LogP contribution in [0.5, 0.6) is 0 Å². The van der Waals surface area contributed by atoms with Crippen molar-refractivity contribution in [1.29, 1.82) is 0 Å². The molecule has 0 atom stereocenters. The molecule has 0 fully saturated rings. The van der Waals surface area contributed by atoms with Crippen molar-refractivity contribution < 1.29 is 4.39 Å². The molecular formula is C72H50FGeN3. The molecule has 2 heterocycles. The van der Waals surface area contributed by atoms with Crippen LogP contribution in [-0.2, 0) is 0 Å². The number of anilines is 3. The average molecular weight is 1050 g/mol. The summed E-state index contributed by atoms with van der Waals surface area (Å²) in [6.45, 7) is 0. The first-order valence-electron chi connectivity index (χ1n) is 26.3. The summed E-state index contributed by atoms with van der Waals surface area (Å²) in [5, 5.41) is 4.58. The standard InChI is InChI=1S/C72H50FGeN3/c73-55-35-41-62(42-36-55)77-69-29-17-16-28-65(69)67-49-63(43-46-71(67)77)75(61-39-32-52(33-40-61)51-18-6-1-7-19-51)64-44-47-72-68(50-64)66-48-54(34-45-70(66)76(72)60-26-14-5-15-27-60)53-30-37-59(38-31-53)74(56-20-8-2-9-21-56,57-22-10-3-11-23-57)58-24-12-4-13-25-58/h1-50H. The summed E-state index contributed by atoms with van der Waals surface area (Å²) >= 11 is -3.46. The van der Waals surface area contributed by atoms with Crippen LogP contribution in [0.25, 0.3) is 77.2 Å². The summed E-state index contributed by atoms with van der Waals surface area (Å²) in [5.41, 5.74) is 14.2. The molecular weight excluding hydrogens is 998 g/mol. The Kier molecular flexibility index (Phi) is 11.6. The first-order chi connectivity index (χ1) is 38.1. The second kappa shape index (κ2) is 19.3. The van der Waals surface area contributed by atoms with Crippen LogP contribution in [0.4, 0.5) is 21.5 Å². The molecule has 0 N–H and O–H groups in total. The molecule has 3 nitrogen and oxygen atoms in total. The summed E-state index contributed by atoms with van der Waals surface area (Å²) in [7, 11) is 0. The number of aromatic nitrogens is 2. The summed E-state index contributed by atoms with van der Waals surface area (Å²) < 4.78 is 24.5. The number of benzene rings is 12. The third kappa shape index (κ3) is 7.96. The van der Waals surface area contributed by atoms with Crippen molar-refractivity contribution >= 4 is 91.5 Å². The van der Waals surface area contributed by atoms with Gasteiger partial charge in [0.1, 0.15) is 5.82 Å². The fourth-order valence-corrected chi connectivity index (χ4v) is 22.0. The van der Waals surface area contributed by atoms with E-state index in [1.165, 1.54) is 46.2 Å². The molecule has 0 unspecified atom stereocenters. The Morgan fingerprint density at radius 3 is 1.18 bits per heavy atom. The van der Waals surface area contributed by atoms with Crippen molar-refractivity contribution in [3.63, 3.8) is 0 Å². The molecule has 0 spiro atoms. The van der Waals surface area contributed by atoms with Crippen LogP contribution in [0, 0.1) is 5.82 Å². The minimum Gasteiger partial charge on any atom is -0.0359 e. The van der Waals surface area contributed by atoms with Crippen molar-refractivity contribution in [2.24, 2.45) is 0 Å². The molecule has 0 saturated heterocycles. The van der Waals surface area contributed by atoms with Gasteiger partial charge >= 0.3 is 272 Å². The van der Waals surface area contributed by atoms with E-state index in [1.807, 2.05) is 12.1 Å². The first-order valence-corrected chi connectivity index (χ1v) is 30.5. The first kappa shape index (κ1) is 46.1. The van der Waals surface area contributed by atoms with Crippen molar-refractivity contribution in [3.8, 4) is 33.6 Å². The van der Waals surface area contributed by atoms with E-state index >= 15 is 0 Å². The minimum atomic E-state index is -3.46. The van der Waals surface area contributed by atoms with E-state index in [2.05, 4.69) is 293 Å². The normalized spacial score (nSPS) is 11.7. The maximum absolute atomic E-state index is 14.3. The molecule has 364 valence electrons. The summed E-state index contributed by atoms with van der Waals surface area (Å²) in [5.74, 6) is -0.255. The summed E-state index contributed by atoms with van der Waals surface area (Å²) in [6.07, 6.45) is 0. The predicted octanol–water partition coefficient (Wildman–Crippen LogP) is 16.2. The van der Waals surface area contributed by atoms with E-state index in [0.717, 1.165) is 77.8 Å². The molecule has 0 radical (unpaired) electrons. The predicted molar refractivity (Wildman–Crippen MR) is 324 cm³/mol. The van der Waals surface area contributed by atoms with Gasteiger partial charge < -0.3 is 4.57 Å². The fourth-order valence-electron chi connectivity index (χ4n) is 12.0. The number of rotatable bonds is 11. The van der Waals surface area contributed by atoms with Gasteiger partial charge in [-0.15, -0.1) is 0 Å². The number of nitrogens with zero attached hydrogens (tertiary/aromatic N) is 3. The van der Waals surface area contributed by atoms with Crippen LogP contribution < -0.4 is 22.5 Å². The Morgan fingerprint density at radius 2 is 0.623 bits per heavy atom. The molecule has 0 amide bonds. The van der Waals surface area contributed by atoms with Gasteiger partial charge in [-0.1, -0.05) is 66.7 Å². The van der Waals surface area contributed by atoms with Gasteiger partial charge in [-0.25, -0.2) is 4.39 Å². The Hall–Kier alpha value is -9.49. The van der Waals surface area contributed by atoms with Gasteiger partial charge in [0, 0.05) is 16.5 Å². The molecule has 12 aromatic carbocycles. The van der Waals surface area contributed by atoms with E-state index in [1.54, 1.807) is 0 Å². The molecule has 14 aromatic rings. The van der Waals surface area contributed by atoms with Gasteiger partial charge in [0.05, 0.1) is 11.0 Å². The monoisotopic (exact) mass is 1050 g/mol. The van der Waals surface area contributed by atoms with Crippen LogP contribution in [0.2, 0.25) is 0 Å². The second-order valence-electron chi connectivity index (χ2n) is 19.8. The molecule has 0 aliphatic rings. The van der Waals surface area contributed by atoms with Crippen molar-refractivity contribution in [1.82, 2.24) is 9.13 Å². The van der Waals surface area contributed by atoms with Crippen LogP contribution in [0.1, 0.15) is 0 Å². The largest absolute Gasteiger partial charge is 0.0542 e. The molecule has 2 aromatic heterocycles. The number of para-hydroxylation sites is 2. The van der Waals surface area contributed by atoms with Gasteiger partial charge in [0.25, 0.3) is 0 Å². The van der Waals surface area contributed by atoms with E-state index in [4.69, 9.17) is 0 Å². The van der Waals surface area contributed by atoms with Crippen LogP contribution in [0.3, 0.4) is 0 Å². The molecule has 14 rings (SSSR count). The number of hydrogen-bond donors (Lipinski definition) is 0. The molecule has 0 aliphatic heterocycles. The van der Waals surface area contributed by atoms with E-state index in [-0.39, 0.29) is 5.82 Å². The maximum Gasteiger partial charge on any atom is 0.0542 e. The molecule has 0 bridgehead atoms. The zero-order valence-electron chi connectivity index (χ0n) is 42.1. The zero-order valence-corrected chi connectivity index (χ0v) is 44.2. The van der Waals surface area contributed by atoms with Crippen molar-refractivity contribution in [2.45, 2.75) is 0 Å². The van der Waals surface area contributed by atoms with E-state index in [0.29, 0.717) is 0 Å². The minimum absolute atomic E-state index is 0.255. The van der Waals surface area contributed by atoms with Crippen LogP contribution in [-0.4, -0.2) is 22.4 Å². The van der Waals surface area contributed by atoms with Gasteiger partial charge in [0.2, 0.25) is 0 Å². The Labute approximate surface area is 450 Å². The molecule has 0 saturated carbocycles. The van der Waals surface area contributed by atoms with E-state index < -0.39 is 13.3 Å². The Balaban J connectivity index is 0.946. The fraction of sp³-hybridized carbons (Fsp3) is 0. The molecule has 77 heavy (non-hydrogen) atoms. The van der Waals surface area contributed by atoms with Gasteiger partial charge in [-0.05, 0) is 71.8 Å². The third-order valence-corrected chi connectivity index (χ3v) is 25.6. The number of hydrogen-bond acceptors (Lipinski definition) is 1. The second-order valence-corrected chi connectivity index (χ2v) is 27.8. The smallest absolute Gasteiger partial charge is 0.0359 e. The summed E-state index contributed by atoms with van der Waals surface area (Å²) in [6, 6.07) is 109. The molecule has 5 heteroatoms. The Morgan fingerprint density at radius 1 is 0.260 bits per heavy atom. The zero-order chi connectivity index (χ0) is 51.3. The SMILES string of the molecule is Fc1ccc(-n2c3ccccc3c3cc(N(c4ccc(-c5ccccc5)cc4)c4ccc5c(c4)c4cc(-c6cc[c]([Ge]([c]7ccccc7)([c]7ccccc7)[c]7ccccc7)cc6)ccc4n5-c4ccccc4)ccc32)cc1. The van der Waals surface area contributed by atoms with Gasteiger partial charge in [0.15, 0.2) is 0 Å². The number of fused-ring (bicyclic) bond motifs is 6. The van der Waals surface area contributed by atoms with Crippen molar-refractivity contribution in [2.75, 3.05) is 4.90 Å². The topological polar surface area (TPSA) is 13.1 Å². The van der Waals surface area contributed by atoms with Gasteiger partial charge in [-0.2, -0.15) is 0 Å². The molecule has 0 aliphatic carbocycles. The van der Waals surface area contributed by atoms with Crippen LogP contribution >= 0.6 is 0 Å². The summed E-state index contributed by atoms with van der Waals surface area (Å²) in [4.78, 5) is 2.38. The maximum atomic E-state index is 14.3. The quantitative estimate of drug-likeness (QED) is 0.118. The van der Waals surface area contributed by atoms with Gasteiger partial charge in [-0.3, -0.25) is 0 Å². The van der Waals surface area contributed by atoms with Crippen LogP contribution in [0.15, 0.2) is 303 Å². The Bertz CT molecular complexity index is 4310. The average Bonchev–Trinajstić information content (AvgIpc) is 4.13.